The van der Waals surface area contributed by atoms with E-state index in [0.29, 0.717) is 34.6 Å². The number of nitrogens with zero attached hydrogens (tertiary/aromatic N) is 2. The van der Waals surface area contributed by atoms with Gasteiger partial charge in [0.25, 0.3) is 11.5 Å². The van der Waals surface area contributed by atoms with Crippen LogP contribution in [0.1, 0.15) is 36.4 Å². The predicted octanol–water partition coefficient (Wildman–Crippen LogP) is 5.45. The molecule has 9 heteroatoms. The smallest absolute Gasteiger partial charge is 0.266 e. The molecule has 3 heterocycles. The number of carbonyl (C=O) groups excluding carboxylic acids is 1. The summed E-state index contributed by atoms with van der Waals surface area (Å²) in [6, 6.07) is 14.8. The van der Waals surface area contributed by atoms with E-state index in [2.05, 4.69) is 5.32 Å². The van der Waals surface area contributed by atoms with Crippen molar-refractivity contribution >= 4 is 38.8 Å². The molecule has 0 bridgehead atoms. The number of aliphatic hydroxyl groups is 1. The number of halogens is 2. The quantitative estimate of drug-likeness (QED) is 0.375. The summed E-state index contributed by atoms with van der Waals surface area (Å²) in [5.74, 6) is -1.84. The number of amides is 1. The van der Waals surface area contributed by atoms with Crippen LogP contribution in [-0.4, -0.2) is 38.7 Å². The molecule has 36 heavy (non-hydrogen) atoms. The molecule has 2 aromatic carbocycles. The van der Waals surface area contributed by atoms with Gasteiger partial charge in [-0.25, -0.2) is 8.78 Å². The van der Waals surface area contributed by atoms with Gasteiger partial charge in [0.05, 0.1) is 28.7 Å². The summed E-state index contributed by atoms with van der Waals surface area (Å²) in [4.78, 5) is 29.3. The fourth-order valence-corrected chi connectivity index (χ4v) is 6.01. The lowest BCUT2D eigenvalue weighted by molar-refractivity contribution is 0.000555. The Kier molecular flexibility index (Phi) is 6.13. The van der Waals surface area contributed by atoms with Crippen LogP contribution in [0, 0.1) is 11.6 Å². The number of rotatable bonds is 5. The number of hydrogen-bond acceptors (Lipinski definition) is 5. The van der Waals surface area contributed by atoms with Crippen molar-refractivity contribution < 1.29 is 18.7 Å². The van der Waals surface area contributed by atoms with Gasteiger partial charge in [0.2, 0.25) is 0 Å². The van der Waals surface area contributed by atoms with Crippen LogP contribution in [0.4, 0.5) is 20.2 Å². The Morgan fingerprint density at radius 1 is 1.11 bits per heavy atom. The van der Waals surface area contributed by atoms with Crippen LogP contribution in [0.15, 0.2) is 65.5 Å². The highest BCUT2D eigenvalue weighted by molar-refractivity contribution is 7.21. The summed E-state index contributed by atoms with van der Waals surface area (Å²) in [6.45, 7) is 3.82. The van der Waals surface area contributed by atoms with Gasteiger partial charge >= 0.3 is 0 Å². The minimum absolute atomic E-state index is 0.00284. The fraction of sp³-hybridized carbons (Fsp3) is 0.259. The van der Waals surface area contributed by atoms with Gasteiger partial charge < -0.3 is 15.3 Å². The molecule has 1 aliphatic rings. The second-order valence-corrected chi connectivity index (χ2v) is 10.4. The summed E-state index contributed by atoms with van der Waals surface area (Å²) in [7, 11) is 0. The molecule has 2 aromatic heterocycles. The van der Waals surface area contributed by atoms with E-state index in [1.54, 1.807) is 36.9 Å². The molecule has 1 fully saturated rings. The Morgan fingerprint density at radius 2 is 1.86 bits per heavy atom. The Labute approximate surface area is 210 Å². The van der Waals surface area contributed by atoms with Crippen LogP contribution in [0.2, 0.25) is 0 Å². The highest BCUT2D eigenvalue weighted by Crippen LogP contribution is 2.40. The largest absolute Gasteiger partial charge is 0.388 e. The third-order valence-corrected chi connectivity index (χ3v) is 7.65. The maximum atomic E-state index is 14.6. The number of thiophene rings is 1. The van der Waals surface area contributed by atoms with Crippen LogP contribution in [0.3, 0.4) is 0 Å². The summed E-state index contributed by atoms with van der Waals surface area (Å²) in [6.07, 6.45) is 1.40. The van der Waals surface area contributed by atoms with Gasteiger partial charge in [-0.2, -0.15) is 0 Å². The van der Waals surface area contributed by atoms with E-state index in [9.17, 15) is 23.5 Å². The number of para-hydroxylation sites is 1. The van der Waals surface area contributed by atoms with E-state index in [1.807, 2.05) is 18.2 Å². The molecule has 186 valence electrons. The van der Waals surface area contributed by atoms with Gasteiger partial charge in [-0.3, -0.25) is 14.2 Å². The van der Waals surface area contributed by atoms with Crippen molar-refractivity contribution in [2.45, 2.75) is 38.3 Å². The van der Waals surface area contributed by atoms with E-state index in [0.717, 1.165) is 29.9 Å². The molecule has 0 spiro atoms. The number of fused-ring (bicyclic) bond motifs is 1. The zero-order valence-electron chi connectivity index (χ0n) is 19.8. The lowest BCUT2D eigenvalue weighted by Crippen LogP contribution is -2.48. The second kappa shape index (κ2) is 9.15. The van der Waals surface area contributed by atoms with Gasteiger partial charge in [-0.05, 0) is 57.0 Å². The first-order valence-corrected chi connectivity index (χ1v) is 12.5. The fourth-order valence-electron chi connectivity index (χ4n) is 4.78. The topological polar surface area (TPSA) is 74.6 Å². The second-order valence-electron chi connectivity index (χ2n) is 9.43. The standard InChI is InChI=1S/C27H25F2N3O3S/c1-27(2,35)21-9-6-14-31(21)25(34)24-23(30-20-12-10-16(28)15-19(20)29)18-11-13-22(33)32(26(18)36-24)17-7-4-3-5-8-17/h3-5,7-8,10-13,15,21,30,35H,6,9,14H2,1-2H3/t21-/m1/s1. The van der Waals surface area contributed by atoms with E-state index >= 15 is 0 Å². The molecule has 1 aliphatic heterocycles. The summed E-state index contributed by atoms with van der Waals surface area (Å²) in [5.41, 5.74) is -0.418. The van der Waals surface area contributed by atoms with Crippen molar-refractivity contribution in [2.24, 2.45) is 0 Å². The molecule has 0 saturated carbocycles. The number of likely N-dealkylation sites (tertiary alicyclic amines) is 1. The van der Waals surface area contributed by atoms with Crippen LogP contribution >= 0.6 is 11.3 Å². The predicted molar refractivity (Wildman–Crippen MR) is 137 cm³/mol. The molecule has 5 rings (SSSR count). The van der Waals surface area contributed by atoms with Crippen molar-refractivity contribution in [2.75, 3.05) is 11.9 Å². The van der Waals surface area contributed by atoms with Gasteiger partial charge in [0, 0.05) is 24.1 Å². The normalized spacial score (nSPS) is 16.0. The highest BCUT2D eigenvalue weighted by Gasteiger charge is 2.40. The molecule has 0 unspecified atom stereocenters. The first-order valence-electron chi connectivity index (χ1n) is 11.6. The first kappa shape index (κ1) is 24.1. The molecule has 0 radical (unpaired) electrons. The Morgan fingerprint density at radius 3 is 2.56 bits per heavy atom. The zero-order valence-corrected chi connectivity index (χ0v) is 20.6. The lowest BCUT2D eigenvalue weighted by atomic mass is 9.96. The van der Waals surface area contributed by atoms with Crippen molar-refractivity contribution in [1.82, 2.24) is 9.47 Å². The summed E-state index contributed by atoms with van der Waals surface area (Å²) >= 11 is 1.13. The van der Waals surface area contributed by atoms with Crippen molar-refractivity contribution in [3.8, 4) is 5.69 Å². The minimum Gasteiger partial charge on any atom is -0.388 e. The number of aromatic nitrogens is 1. The molecule has 6 nitrogen and oxygen atoms in total. The highest BCUT2D eigenvalue weighted by atomic mass is 32.1. The lowest BCUT2D eigenvalue weighted by Gasteiger charge is -2.33. The number of nitrogens with one attached hydrogen (secondary N) is 1. The average Bonchev–Trinajstić information content (AvgIpc) is 3.46. The van der Waals surface area contributed by atoms with Crippen LogP contribution in [0.5, 0.6) is 0 Å². The number of benzene rings is 2. The van der Waals surface area contributed by atoms with Gasteiger partial charge in [-0.15, -0.1) is 11.3 Å². The number of pyridine rings is 1. The zero-order chi connectivity index (χ0) is 25.6. The first-order chi connectivity index (χ1) is 17.1. The molecule has 1 saturated heterocycles. The van der Waals surface area contributed by atoms with Crippen LogP contribution in [0.25, 0.3) is 15.9 Å². The maximum absolute atomic E-state index is 14.6. The summed E-state index contributed by atoms with van der Waals surface area (Å²) < 4.78 is 29.7. The molecule has 0 aliphatic carbocycles. The Bertz CT molecular complexity index is 1510. The van der Waals surface area contributed by atoms with Gasteiger partial charge in [0.15, 0.2) is 0 Å². The van der Waals surface area contributed by atoms with Gasteiger partial charge in [-0.1, -0.05) is 18.2 Å². The monoisotopic (exact) mass is 509 g/mol. The van der Waals surface area contributed by atoms with E-state index in [4.69, 9.17) is 0 Å². The van der Waals surface area contributed by atoms with Crippen LogP contribution < -0.4 is 10.9 Å². The molecule has 4 aromatic rings. The molecule has 1 amide bonds. The molecule has 2 N–H and O–H groups in total. The Balaban J connectivity index is 1.72. The molecule has 1 atom stereocenters. The van der Waals surface area contributed by atoms with Crippen molar-refractivity contribution in [3.05, 3.63) is 87.5 Å². The maximum Gasteiger partial charge on any atom is 0.266 e. The third-order valence-electron chi connectivity index (χ3n) is 6.47. The minimum atomic E-state index is -1.11. The SMILES string of the molecule is CC(C)(O)[C@H]1CCCN1C(=O)c1sc2c(ccc(=O)n2-c2ccccc2)c1Nc1ccc(F)cc1F. The van der Waals surface area contributed by atoms with E-state index in [-0.39, 0.29) is 28.1 Å². The third kappa shape index (κ3) is 4.29. The number of anilines is 2. The Hall–Kier alpha value is -3.56. The summed E-state index contributed by atoms with van der Waals surface area (Å²) in [5, 5.41) is 14.2. The molecular weight excluding hydrogens is 484 g/mol. The van der Waals surface area contributed by atoms with E-state index < -0.39 is 17.2 Å². The van der Waals surface area contributed by atoms with Crippen molar-refractivity contribution in [3.63, 3.8) is 0 Å². The average molecular weight is 510 g/mol. The van der Waals surface area contributed by atoms with Crippen molar-refractivity contribution in [1.29, 1.82) is 0 Å². The number of hydrogen-bond donors (Lipinski definition) is 2. The molecular formula is C27H25F2N3O3S. The van der Waals surface area contributed by atoms with Gasteiger partial charge in [0.1, 0.15) is 21.3 Å². The number of carbonyl (C=O) groups is 1. The van der Waals surface area contributed by atoms with Crippen LogP contribution in [-0.2, 0) is 0 Å². The van der Waals surface area contributed by atoms with E-state index in [1.165, 1.54) is 16.7 Å².